The molecule has 0 heterocycles. The van der Waals surface area contributed by atoms with Crippen molar-refractivity contribution >= 4 is 0 Å². The molecule has 1 unspecified atom stereocenters. The van der Waals surface area contributed by atoms with Gasteiger partial charge >= 0.3 is 0 Å². The standard InChI is InChI=1S/C7H14FN/c1-7(2)5-6(7)9-4-3-8/h6,9H,3-5H2,1-2H3. The van der Waals surface area contributed by atoms with Crippen molar-refractivity contribution < 1.29 is 4.39 Å². The van der Waals surface area contributed by atoms with Crippen molar-refractivity contribution in [3.05, 3.63) is 0 Å². The van der Waals surface area contributed by atoms with Gasteiger partial charge in [-0.15, -0.1) is 0 Å². The van der Waals surface area contributed by atoms with Gasteiger partial charge in [0.25, 0.3) is 0 Å². The van der Waals surface area contributed by atoms with Crippen molar-refractivity contribution in [1.82, 2.24) is 5.32 Å². The van der Waals surface area contributed by atoms with Gasteiger partial charge < -0.3 is 5.32 Å². The molecule has 0 aromatic heterocycles. The van der Waals surface area contributed by atoms with Crippen molar-refractivity contribution in [2.24, 2.45) is 5.41 Å². The average Bonchev–Trinajstić information content (AvgIpc) is 2.35. The fraction of sp³-hybridized carbons (Fsp3) is 1.00. The van der Waals surface area contributed by atoms with Gasteiger partial charge in [-0.25, -0.2) is 4.39 Å². The Kier molecular flexibility index (Phi) is 1.75. The summed E-state index contributed by atoms with van der Waals surface area (Å²) in [5.41, 5.74) is 0.440. The molecule has 1 fully saturated rings. The molecule has 0 aromatic rings. The number of nitrogens with one attached hydrogen (secondary N) is 1. The first-order valence-corrected chi connectivity index (χ1v) is 3.46. The first kappa shape index (κ1) is 7.00. The van der Waals surface area contributed by atoms with E-state index in [9.17, 15) is 4.39 Å². The van der Waals surface area contributed by atoms with Crippen LogP contribution in [-0.2, 0) is 0 Å². The zero-order chi connectivity index (χ0) is 6.91. The maximum Gasteiger partial charge on any atom is 0.102 e. The second kappa shape index (κ2) is 2.25. The van der Waals surface area contributed by atoms with Gasteiger partial charge in [0.05, 0.1) is 0 Å². The van der Waals surface area contributed by atoms with Gasteiger partial charge in [0.2, 0.25) is 0 Å². The summed E-state index contributed by atoms with van der Waals surface area (Å²) in [5.74, 6) is 0. The van der Waals surface area contributed by atoms with Crippen LogP contribution in [0.25, 0.3) is 0 Å². The van der Waals surface area contributed by atoms with E-state index in [1.165, 1.54) is 6.42 Å². The molecule has 0 bridgehead atoms. The Hall–Kier alpha value is -0.110. The summed E-state index contributed by atoms with van der Waals surface area (Å²) in [6.07, 6.45) is 1.20. The monoisotopic (exact) mass is 131 g/mol. The van der Waals surface area contributed by atoms with E-state index in [1.807, 2.05) is 0 Å². The minimum absolute atomic E-state index is 0.243. The Labute approximate surface area is 55.6 Å². The molecule has 9 heavy (non-hydrogen) atoms. The van der Waals surface area contributed by atoms with E-state index in [0.29, 0.717) is 18.0 Å². The van der Waals surface area contributed by atoms with Crippen molar-refractivity contribution in [2.45, 2.75) is 26.3 Å². The zero-order valence-electron chi connectivity index (χ0n) is 6.08. The van der Waals surface area contributed by atoms with E-state index in [2.05, 4.69) is 19.2 Å². The summed E-state index contributed by atoms with van der Waals surface area (Å²) < 4.78 is 11.6. The summed E-state index contributed by atoms with van der Waals surface area (Å²) in [6, 6.07) is 0.577. The summed E-state index contributed by atoms with van der Waals surface area (Å²) in [6.45, 7) is 4.67. The molecule has 1 saturated carbocycles. The van der Waals surface area contributed by atoms with E-state index >= 15 is 0 Å². The number of alkyl halides is 1. The lowest BCUT2D eigenvalue weighted by Crippen LogP contribution is -2.22. The van der Waals surface area contributed by atoms with Gasteiger partial charge in [0.15, 0.2) is 0 Å². The van der Waals surface area contributed by atoms with Gasteiger partial charge in [0, 0.05) is 12.6 Å². The van der Waals surface area contributed by atoms with Crippen LogP contribution in [0.15, 0.2) is 0 Å². The van der Waals surface area contributed by atoms with Crippen LogP contribution in [0.1, 0.15) is 20.3 Å². The molecule has 1 rings (SSSR count). The van der Waals surface area contributed by atoms with E-state index in [0.717, 1.165) is 0 Å². The van der Waals surface area contributed by atoms with Crippen molar-refractivity contribution in [2.75, 3.05) is 13.2 Å². The molecule has 0 aromatic carbocycles. The molecule has 1 aliphatic carbocycles. The molecule has 1 N–H and O–H groups in total. The first-order chi connectivity index (χ1) is 4.17. The highest BCUT2D eigenvalue weighted by Crippen LogP contribution is 2.44. The fourth-order valence-electron chi connectivity index (χ4n) is 1.04. The third-order valence-corrected chi connectivity index (χ3v) is 2.00. The molecule has 0 radical (unpaired) electrons. The van der Waals surface area contributed by atoms with E-state index < -0.39 is 0 Å². The highest BCUT2D eigenvalue weighted by atomic mass is 19.1. The number of hydrogen-bond acceptors (Lipinski definition) is 1. The maximum atomic E-state index is 11.6. The zero-order valence-corrected chi connectivity index (χ0v) is 6.08. The van der Waals surface area contributed by atoms with Crippen LogP contribution in [0.4, 0.5) is 4.39 Å². The topological polar surface area (TPSA) is 12.0 Å². The van der Waals surface area contributed by atoms with Crippen LogP contribution in [0, 0.1) is 5.41 Å². The first-order valence-electron chi connectivity index (χ1n) is 3.46. The van der Waals surface area contributed by atoms with Gasteiger partial charge in [-0.1, -0.05) is 13.8 Å². The lowest BCUT2D eigenvalue weighted by Gasteiger charge is -2.02. The average molecular weight is 131 g/mol. The number of rotatable bonds is 3. The molecular formula is C7H14FN. The van der Waals surface area contributed by atoms with Gasteiger partial charge in [0.1, 0.15) is 6.67 Å². The predicted octanol–water partition coefficient (Wildman–Crippen LogP) is 1.34. The molecular weight excluding hydrogens is 117 g/mol. The molecule has 54 valence electrons. The quantitative estimate of drug-likeness (QED) is 0.609. The molecule has 1 nitrogen and oxygen atoms in total. The summed E-state index contributed by atoms with van der Waals surface area (Å²) in [4.78, 5) is 0. The summed E-state index contributed by atoms with van der Waals surface area (Å²) >= 11 is 0. The third-order valence-electron chi connectivity index (χ3n) is 2.00. The molecule has 1 atom stereocenters. The maximum absolute atomic E-state index is 11.6. The second-order valence-electron chi connectivity index (χ2n) is 3.39. The Morgan fingerprint density at radius 3 is 2.56 bits per heavy atom. The minimum Gasteiger partial charge on any atom is -0.311 e. The lowest BCUT2D eigenvalue weighted by atomic mass is 10.2. The van der Waals surface area contributed by atoms with Crippen LogP contribution < -0.4 is 5.32 Å². The van der Waals surface area contributed by atoms with E-state index in [1.54, 1.807) is 0 Å². The van der Waals surface area contributed by atoms with Crippen LogP contribution >= 0.6 is 0 Å². The third kappa shape index (κ3) is 1.65. The van der Waals surface area contributed by atoms with Crippen LogP contribution in [0.2, 0.25) is 0 Å². The Morgan fingerprint density at radius 2 is 2.22 bits per heavy atom. The number of halogens is 1. The van der Waals surface area contributed by atoms with E-state index in [4.69, 9.17) is 0 Å². The van der Waals surface area contributed by atoms with Crippen molar-refractivity contribution in [1.29, 1.82) is 0 Å². The molecule has 1 aliphatic rings. The Bertz CT molecular complexity index is 101. The highest BCUT2D eigenvalue weighted by molar-refractivity contribution is 5.01. The van der Waals surface area contributed by atoms with Gasteiger partial charge in [-0.05, 0) is 11.8 Å². The van der Waals surface area contributed by atoms with Crippen LogP contribution in [-0.4, -0.2) is 19.3 Å². The van der Waals surface area contributed by atoms with Crippen molar-refractivity contribution in [3.8, 4) is 0 Å². The molecule has 0 amide bonds. The fourth-order valence-corrected chi connectivity index (χ4v) is 1.04. The SMILES string of the molecule is CC1(C)CC1NCCF. The highest BCUT2D eigenvalue weighted by Gasteiger charge is 2.44. The van der Waals surface area contributed by atoms with Crippen molar-refractivity contribution in [3.63, 3.8) is 0 Å². The summed E-state index contributed by atoms with van der Waals surface area (Å²) in [5, 5.41) is 3.12. The molecule has 0 saturated heterocycles. The lowest BCUT2D eigenvalue weighted by molar-refractivity contribution is 0.448. The normalized spacial score (nSPS) is 30.3. The minimum atomic E-state index is -0.243. The molecule has 0 spiro atoms. The van der Waals surface area contributed by atoms with Gasteiger partial charge in [-0.3, -0.25) is 0 Å². The van der Waals surface area contributed by atoms with E-state index in [-0.39, 0.29) is 6.67 Å². The summed E-state index contributed by atoms with van der Waals surface area (Å²) in [7, 11) is 0. The Balaban J connectivity index is 2.06. The largest absolute Gasteiger partial charge is 0.311 e. The van der Waals surface area contributed by atoms with Crippen LogP contribution in [0.3, 0.4) is 0 Å². The smallest absolute Gasteiger partial charge is 0.102 e. The predicted molar refractivity (Wildman–Crippen MR) is 36.2 cm³/mol. The molecule has 2 heteroatoms. The second-order valence-corrected chi connectivity index (χ2v) is 3.39. The number of hydrogen-bond donors (Lipinski definition) is 1. The molecule has 0 aliphatic heterocycles. The van der Waals surface area contributed by atoms with Crippen LogP contribution in [0.5, 0.6) is 0 Å². The van der Waals surface area contributed by atoms with Gasteiger partial charge in [-0.2, -0.15) is 0 Å². The Morgan fingerprint density at radius 1 is 1.67 bits per heavy atom.